The Bertz CT molecular complexity index is 837. The second-order valence-electron chi connectivity index (χ2n) is 4.36. The third-order valence-electron chi connectivity index (χ3n) is 2.86. The van der Waals surface area contributed by atoms with Crippen LogP contribution in [0.4, 0.5) is 22.0 Å². The fraction of sp³-hybridized carbons (Fsp3) is 0. The Morgan fingerprint density at radius 3 is 2.09 bits per heavy atom. The predicted octanol–water partition coefficient (Wildman–Crippen LogP) is 4.32. The third kappa shape index (κ3) is 3.04. The van der Waals surface area contributed by atoms with E-state index in [1.54, 1.807) is 0 Å². The van der Waals surface area contributed by atoms with E-state index in [2.05, 4.69) is 15.0 Å². The number of nitrogens with one attached hydrogen (secondary N) is 1. The van der Waals surface area contributed by atoms with Crippen molar-refractivity contribution in [2.24, 2.45) is 0 Å². The first kappa shape index (κ1) is 15.5. The van der Waals surface area contributed by atoms with Crippen LogP contribution in [0.25, 0.3) is 11.3 Å². The monoisotopic (exact) mass is 343 g/mol. The SMILES string of the molecule is Fc1ccc(-c2cnc(Sc3c(F)c(F)nc(F)c3F)[nH]2)cc1. The fourth-order valence-corrected chi connectivity index (χ4v) is 2.59. The van der Waals surface area contributed by atoms with Gasteiger partial charge in [-0.3, -0.25) is 0 Å². The van der Waals surface area contributed by atoms with Crippen LogP contribution in [-0.2, 0) is 0 Å². The van der Waals surface area contributed by atoms with E-state index in [0.29, 0.717) is 23.0 Å². The van der Waals surface area contributed by atoms with Crippen LogP contribution >= 0.6 is 11.8 Å². The Morgan fingerprint density at radius 2 is 1.48 bits per heavy atom. The molecule has 1 aromatic carbocycles. The molecule has 2 aromatic heterocycles. The summed E-state index contributed by atoms with van der Waals surface area (Å²) in [7, 11) is 0. The lowest BCUT2D eigenvalue weighted by Gasteiger charge is -2.03. The molecule has 0 radical (unpaired) electrons. The van der Waals surface area contributed by atoms with E-state index in [-0.39, 0.29) is 5.16 Å². The number of aromatic amines is 1. The van der Waals surface area contributed by atoms with Gasteiger partial charge in [-0.1, -0.05) is 0 Å². The van der Waals surface area contributed by atoms with Crippen LogP contribution in [0.5, 0.6) is 0 Å². The molecule has 0 saturated heterocycles. The second-order valence-corrected chi connectivity index (χ2v) is 5.36. The fourth-order valence-electron chi connectivity index (χ4n) is 1.79. The molecule has 0 bridgehead atoms. The van der Waals surface area contributed by atoms with Crippen molar-refractivity contribution in [3.05, 3.63) is 59.8 Å². The van der Waals surface area contributed by atoms with Crippen LogP contribution in [-0.4, -0.2) is 15.0 Å². The number of hydrogen-bond donors (Lipinski definition) is 1. The van der Waals surface area contributed by atoms with E-state index >= 15 is 0 Å². The molecule has 0 spiro atoms. The molecule has 23 heavy (non-hydrogen) atoms. The summed E-state index contributed by atoms with van der Waals surface area (Å²) in [6.07, 6.45) is 1.35. The summed E-state index contributed by atoms with van der Waals surface area (Å²) in [5, 5.41) is 0.00660. The lowest BCUT2D eigenvalue weighted by molar-refractivity contribution is 0.383. The molecule has 3 rings (SSSR count). The average molecular weight is 343 g/mol. The molecule has 3 aromatic rings. The van der Waals surface area contributed by atoms with Gasteiger partial charge in [0.15, 0.2) is 16.8 Å². The van der Waals surface area contributed by atoms with Gasteiger partial charge in [-0.05, 0) is 41.6 Å². The highest BCUT2D eigenvalue weighted by molar-refractivity contribution is 7.99. The molecule has 0 aliphatic carbocycles. The van der Waals surface area contributed by atoms with Crippen LogP contribution in [0, 0.1) is 29.3 Å². The van der Waals surface area contributed by atoms with Crippen LogP contribution in [0.3, 0.4) is 0 Å². The molecule has 3 nitrogen and oxygen atoms in total. The summed E-state index contributed by atoms with van der Waals surface area (Å²) in [4.78, 5) is 8.17. The molecule has 2 heterocycles. The van der Waals surface area contributed by atoms with E-state index in [0.717, 1.165) is 0 Å². The van der Waals surface area contributed by atoms with Gasteiger partial charge < -0.3 is 4.98 Å². The van der Waals surface area contributed by atoms with Crippen molar-refractivity contribution < 1.29 is 22.0 Å². The zero-order chi connectivity index (χ0) is 16.6. The van der Waals surface area contributed by atoms with Gasteiger partial charge in [0.2, 0.25) is 0 Å². The van der Waals surface area contributed by atoms with Gasteiger partial charge in [-0.15, -0.1) is 0 Å². The summed E-state index contributed by atoms with van der Waals surface area (Å²) >= 11 is 0.377. The molecule has 9 heteroatoms. The van der Waals surface area contributed by atoms with Crippen molar-refractivity contribution in [1.29, 1.82) is 0 Å². The van der Waals surface area contributed by atoms with Crippen molar-refractivity contribution in [3.8, 4) is 11.3 Å². The van der Waals surface area contributed by atoms with Gasteiger partial charge in [0.05, 0.1) is 16.8 Å². The van der Waals surface area contributed by atoms with Crippen molar-refractivity contribution in [3.63, 3.8) is 0 Å². The maximum atomic E-state index is 13.6. The smallest absolute Gasteiger partial charge is 0.252 e. The Morgan fingerprint density at radius 1 is 0.870 bits per heavy atom. The van der Waals surface area contributed by atoms with Crippen molar-refractivity contribution >= 4 is 11.8 Å². The summed E-state index contributed by atoms with van der Waals surface area (Å²) in [6.45, 7) is 0. The number of benzene rings is 1. The van der Waals surface area contributed by atoms with Gasteiger partial charge in [-0.2, -0.15) is 13.8 Å². The first-order chi connectivity index (χ1) is 11.0. The molecule has 118 valence electrons. The second kappa shape index (κ2) is 5.99. The van der Waals surface area contributed by atoms with Gasteiger partial charge in [-0.25, -0.2) is 18.2 Å². The lowest BCUT2D eigenvalue weighted by atomic mass is 10.2. The highest BCUT2D eigenvalue weighted by atomic mass is 32.2. The highest BCUT2D eigenvalue weighted by Gasteiger charge is 2.22. The Kier molecular flexibility index (Phi) is 4.03. The minimum absolute atomic E-state index is 0.00660. The number of H-pyrrole nitrogens is 1. The average Bonchev–Trinajstić information content (AvgIpc) is 2.99. The van der Waals surface area contributed by atoms with Crippen molar-refractivity contribution in [1.82, 2.24) is 15.0 Å². The summed E-state index contributed by atoms with van der Waals surface area (Å²) in [6, 6.07) is 5.42. The van der Waals surface area contributed by atoms with E-state index in [4.69, 9.17) is 0 Å². The number of hydrogen-bond acceptors (Lipinski definition) is 3. The first-order valence-electron chi connectivity index (χ1n) is 6.14. The van der Waals surface area contributed by atoms with Crippen molar-refractivity contribution in [2.75, 3.05) is 0 Å². The molecule has 0 saturated carbocycles. The third-order valence-corrected chi connectivity index (χ3v) is 3.83. The molecule has 1 N–H and O–H groups in total. The number of imidazole rings is 1. The molecular formula is C14H6F5N3S. The minimum atomic E-state index is -1.74. The highest BCUT2D eigenvalue weighted by Crippen LogP contribution is 2.32. The largest absolute Gasteiger partial charge is 0.333 e. The normalized spacial score (nSPS) is 11.0. The van der Waals surface area contributed by atoms with Crippen LogP contribution in [0.1, 0.15) is 0 Å². The number of rotatable bonds is 3. The van der Waals surface area contributed by atoms with Crippen LogP contribution in [0.2, 0.25) is 0 Å². The standard InChI is InChI=1S/C14H6F5N3S/c15-7-3-1-6(2-4-7)8-5-20-14(21-8)23-11-9(16)12(18)22-13(19)10(11)17/h1-5H,(H,20,21). The number of aromatic nitrogens is 3. The van der Waals surface area contributed by atoms with Gasteiger partial charge in [0.25, 0.3) is 11.9 Å². The summed E-state index contributed by atoms with van der Waals surface area (Å²) in [5.41, 5.74) is 1.03. The maximum Gasteiger partial charge on any atom is 0.252 e. The van der Waals surface area contributed by atoms with E-state index in [9.17, 15) is 22.0 Å². The topological polar surface area (TPSA) is 41.6 Å². The predicted molar refractivity (Wildman–Crippen MR) is 72.2 cm³/mol. The van der Waals surface area contributed by atoms with Crippen molar-refractivity contribution in [2.45, 2.75) is 10.1 Å². The lowest BCUT2D eigenvalue weighted by Crippen LogP contribution is -2.02. The molecule has 0 amide bonds. The minimum Gasteiger partial charge on any atom is -0.333 e. The Hall–Kier alpha value is -2.42. The maximum absolute atomic E-state index is 13.6. The molecule has 0 aliphatic rings. The molecule has 0 atom stereocenters. The summed E-state index contributed by atoms with van der Waals surface area (Å²) < 4.78 is 66.1. The quantitative estimate of drug-likeness (QED) is 0.569. The van der Waals surface area contributed by atoms with Gasteiger partial charge in [0, 0.05) is 0 Å². The van der Waals surface area contributed by atoms with Crippen LogP contribution in [0.15, 0.2) is 40.5 Å². The number of pyridine rings is 1. The van der Waals surface area contributed by atoms with Crippen LogP contribution < -0.4 is 0 Å². The molecule has 0 aliphatic heterocycles. The molecule has 0 fully saturated rings. The molecule has 0 unspecified atom stereocenters. The zero-order valence-corrected chi connectivity index (χ0v) is 11.9. The Balaban J connectivity index is 1.92. The van der Waals surface area contributed by atoms with E-state index in [1.165, 1.54) is 30.5 Å². The Labute approximate surface area is 130 Å². The summed E-state index contributed by atoms with van der Waals surface area (Å²) in [5.74, 6) is -7.11. The number of nitrogens with zero attached hydrogens (tertiary/aromatic N) is 2. The van der Waals surface area contributed by atoms with E-state index < -0.39 is 34.2 Å². The zero-order valence-electron chi connectivity index (χ0n) is 11.1. The number of halogens is 5. The molecular weight excluding hydrogens is 337 g/mol. The van der Waals surface area contributed by atoms with E-state index in [1.807, 2.05) is 0 Å². The first-order valence-corrected chi connectivity index (χ1v) is 6.96. The van der Waals surface area contributed by atoms with Gasteiger partial charge >= 0.3 is 0 Å². The van der Waals surface area contributed by atoms with Gasteiger partial charge in [0.1, 0.15) is 5.82 Å².